The number of ether oxygens (including phenoxy) is 1. The van der Waals surface area contributed by atoms with E-state index in [4.69, 9.17) is 14.9 Å². The van der Waals surface area contributed by atoms with Crippen molar-refractivity contribution in [3.63, 3.8) is 0 Å². The lowest BCUT2D eigenvalue weighted by atomic mass is 10.00. The van der Waals surface area contributed by atoms with Gasteiger partial charge in [0.2, 0.25) is 0 Å². The molecule has 2 aromatic rings. The minimum atomic E-state index is 0.433. The topological polar surface area (TPSA) is 48.4 Å². The molecule has 0 atom stereocenters. The minimum Gasteiger partial charge on any atom is -0.490 e. The van der Waals surface area contributed by atoms with Crippen LogP contribution in [0.25, 0.3) is 11.0 Å². The Bertz CT molecular complexity index is 529. The van der Waals surface area contributed by atoms with E-state index in [1.807, 2.05) is 19.1 Å². The lowest BCUT2D eigenvalue weighted by Gasteiger charge is -2.05. The van der Waals surface area contributed by atoms with Crippen molar-refractivity contribution in [1.82, 2.24) is 0 Å². The van der Waals surface area contributed by atoms with Crippen molar-refractivity contribution < 1.29 is 9.15 Å². The zero-order chi connectivity index (χ0) is 13.1. The molecule has 2 rings (SSSR count). The Hall–Kier alpha value is -1.48. The van der Waals surface area contributed by atoms with E-state index in [0.717, 1.165) is 28.9 Å². The highest BCUT2D eigenvalue weighted by molar-refractivity contribution is 5.87. The van der Waals surface area contributed by atoms with E-state index in [1.165, 1.54) is 5.56 Å². The van der Waals surface area contributed by atoms with Crippen molar-refractivity contribution in [3.05, 3.63) is 29.5 Å². The van der Waals surface area contributed by atoms with Crippen molar-refractivity contribution >= 4 is 11.0 Å². The number of fused-ring (bicyclic) bond motifs is 1. The predicted octanol–water partition coefficient (Wildman–Crippen LogP) is 3.49. The van der Waals surface area contributed by atoms with Crippen LogP contribution in [-0.4, -0.2) is 6.61 Å². The molecule has 18 heavy (non-hydrogen) atoms. The smallest absolute Gasteiger partial charge is 0.176 e. The number of hydrogen-bond acceptors (Lipinski definition) is 3. The molecular formula is C15H21NO2. The summed E-state index contributed by atoms with van der Waals surface area (Å²) in [5.74, 6) is 2.26. The molecule has 1 heterocycles. The van der Waals surface area contributed by atoms with E-state index in [1.54, 1.807) is 0 Å². The van der Waals surface area contributed by atoms with Crippen molar-refractivity contribution in [1.29, 1.82) is 0 Å². The van der Waals surface area contributed by atoms with Gasteiger partial charge in [0.25, 0.3) is 0 Å². The molecule has 0 bridgehead atoms. The number of hydrogen-bond donors (Lipinski definition) is 1. The first-order chi connectivity index (χ1) is 8.67. The molecule has 0 radical (unpaired) electrons. The zero-order valence-corrected chi connectivity index (χ0v) is 11.3. The SMILES string of the molecule is CCOc1cccc2c(CC(C)C)c(CN)oc12. The molecule has 0 spiro atoms. The third-order valence-corrected chi connectivity index (χ3v) is 2.96. The molecule has 1 aromatic heterocycles. The molecule has 0 aliphatic carbocycles. The summed E-state index contributed by atoms with van der Waals surface area (Å²) < 4.78 is 11.5. The molecule has 0 saturated heterocycles. The maximum Gasteiger partial charge on any atom is 0.176 e. The highest BCUT2D eigenvalue weighted by Crippen LogP contribution is 2.34. The Labute approximate surface area is 108 Å². The van der Waals surface area contributed by atoms with Gasteiger partial charge in [0.15, 0.2) is 11.3 Å². The van der Waals surface area contributed by atoms with Crippen molar-refractivity contribution in [2.75, 3.05) is 6.61 Å². The summed E-state index contributed by atoms with van der Waals surface area (Å²) in [5, 5.41) is 1.13. The normalized spacial score (nSPS) is 11.4. The number of rotatable bonds is 5. The largest absolute Gasteiger partial charge is 0.490 e. The summed E-state index contributed by atoms with van der Waals surface area (Å²) >= 11 is 0. The van der Waals surface area contributed by atoms with Gasteiger partial charge in [-0.05, 0) is 25.3 Å². The Kier molecular flexibility index (Phi) is 3.92. The van der Waals surface area contributed by atoms with Crippen LogP contribution >= 0.6 is 0 Å². The summed E-state index contributed by atoms with van der Waals surface area (Å²) in [7, 11) is 0. The van der Waals surface area contributed by atoms with Crippen molar-refractivity contribution in [2.45, 2.75) is 33.7 Å². The van der Waals surface area contributed by atoms with Crippen LogP contribution in [0.4, 0.5) is 0 Å². The fraction of sp³-hybridized carbons (Fsp3) is 0.467. The third-order valence-electron chi connectivity index (χ3n) is 2.96. The monoisotopic (exact) mass is 247 g/mol. The first-order valence-corrected chi connectivity index (χ1v) is 6.53. The first kappa shape index (κ1) is 13.0. The quantitative estimate of drug-likeness (QED) is 0.879. The number of benzene rings is 1. The maximum atomic E-state index is 5.88. The van der Waals surface area contributed by atoms with Crippen LogP contribution in [0.3, 0.4) is 0 Å². The second kappa shape index (κ2) is 5.44. The zero-order valence-electron chi connectivity index (χ0n) is 11.3. The van der Waals surface area contributed by atoms with Gasteiger partial charge in [0.05, 0.1) is 13.2 Å². The molecule has 0 aliphatic rings. The molecule has 1 aromatic carbocycles. The Morgan fingerprint density at radius 2 is 2.11 bits per heavy atom. The van der Waals surface area contributed by atoms with Gasteiger partial charge in [0, 0.05) is 10.9 Å². The third kappa shape index (κ3) is 2.36. The molecule has 0 aliphatic heterocycles. The van der Waals surface area contributed by atoms with Gasteiger partial charge in [-0.1, -0.05) is 26.0 Å². The summed E-state index contributed by atoms with van der Waals surface area (Å²) in [6.45, 7) is 7.44. The lowest BCUT2D eigenvalue weighted by Crippen LogP contribution is -2.01. The van der Waals surface area contributed by atoms with Crippen LogP contribution < -0.4 is 10.5 Å². The molecule has 98 valence electrons. The molecule has 3 heteroatoms. The number of para-hydroxylation sites is 1. The summed E-state index contributed by atoms with van der Waals surface area (Å²) in [6, 6.07) is 6.03. The summed E-state index contributed by atoms with van der Waals surface area (Å²) in [5.41, 5.74) is 7.83. The van der Waals surface area contributed by atoms with Gasteiger partial charge in [-0.2, -0.15) is 0 Å². The molecular weight excluding hydrogens is 226 g/mol. The molecule has 0 saturated carbocycles. The maximum absolute atomic E-state index is 5.88. The van der Waals surface area contributed by atoms with Crippen molar-refractivity contribution in [3.8, 4) is 5.75 Å². The van der Waals surface area contributed by atoms with E-state index in [9.17, 15) is 0 Å². The number of furan rings is 1. The fourth-order valence-electron chi connectivity index (χ4n) is 2.26. The molecule has 0 unspecified atom stereocenters. The molecule has 3 nitrogen and oxygen atoms in total. The summed E-state index contributed by atoms with van der Waals surface area (Å²) in [6.07, 6.45) is 0.981. The second-order valence-electron chi connectivity index (χ2n) is 4.87. The average molecular weight is 247 g/mol. The minimum absolute atomic E-state index is 0.433. The van der Waals surface area contributed by atoms with Gasteiger partial charge in [-0.3, -0.25) is 0 Å². The van der Waals surface area contributed by atoms with Gasteiger partial charge in [-0.25, -0.2) is 0 Å². The second-order valence-corrected chi connectivity index (χ2v) is 4.87. The van der Waals surface area contributed by atoms with E-state index in [0.29, 0.717) is 19.1 Å². The van der Waals surface area contributed by atoms with Gasteiger partial charge in [0.1, 0.15) is 5.76 Å². The standard InChI is InChI=1S/C15H21NO2/c1-4-17-13-7-5-6-11-12(8-10(2)3)14(9-16)18-15(11)13/h5-7,10H,4,8-9,16H2,1-3H3. The average Bonchev–Trinajstić information content (AvgIpc) is 2.68. The van der Waals surface area contributed by atoms with E-state index >= 15 is 0 Å². The fourth-order valence-corrected chi connectivity index (χ4v) is 2.26. The van der Waals surface area contributed by atoms with E-state index in [2.05, 4.69) is 19.9 Å². The predicted molar refractivity (Wildman–Crippen MR) is 73.8 cm³/mol. The summed E-state index contributed by atoms with van der Waals surface area (Å²) in [4.78, 5) is 0. The highest BCUT2D eigenvalue weighted by Gasteiger charge is 2.16. The Balaban J connectivity index is 2.57. The van der Waals surface area contributed by atoms with Crippen LogP contribution in [0, 0.1) is 5.92 Å². The van der Waals surface area contributed by atoms with Gasteiger partial charge in [-0.15, -0.1) is 0 Å². The molecule has 0 fully saturated rings. The van der Waals surface area contributed by atoms with E-state index < -0.39 is 0 Å². The van der Waals surface area contributed by atoms with Crippen LogP contribution in [0.15, 0.2) is 22.6 Å². The Morgan fingerprint density at radius 3 is 2.72 bits per heavy atom. The van der Waals surface area contributed by atoms with Crippen LogP contribution in [-0.2, 0) is 13.0 Å². The highest BCUT2D eigenvalue weighted by atomic mass is 16.5. The molecule has 0 amide bonds. The van der Waals surface area contributed by atoms with Gasteiger partial charge < -0.3 is 14.9 Å². The van der Waals surface area contributed by atoms with Gasteiger partial charge >= 0.3 is 0 Å². The van der Waals surface area contributed by atoms with Crippen LogP contribution in [0.5, 0.6) is 5.75 Å². The lowest BCUT2D eigenvalue weighted by molar-refractivity contribution is 0.337. The van der Waals surface area contributed by atoms with Crippen molar-refractivity contribution in [2.24, 2.45) is 11.7 Å². The van der Waals surface area contributed by atoms with Crippen LogP contribution in [0.2, 0.25) is 0 Å². The van der Waals surface area contributed by atoms with E-state index in [-0.39, 0.29) is 0 Å². The number of nitrogens with two attached hydrogens (primary N) is 1. The van der Waals surface area contributed by atoms with Crippen LogP contribution in [0.1, 0.15) is 32.1 Å². The Morgan fingerprint density at radius 1 is 1.33 bits per heavy atom. The first-order valence-electron chi connectivity index (χ1n) is 6.53. The molecule has 2 N–H and O–H groups in total.